The Bertz CT molecular complexity index is 541. The second-order valence-corrected chi connectivity index (χ2v) is 6.58. The number of carbonyl (C=O) groups excluding carboxylic acids is 1. The molecule has 0 aliphatic rings. The van der Waals surface area contributed by atoms with Crippen LogP contribution in [-0.4, -0.2) is 34.7 Å². The van der Waals surface area contributed by atoms with Gasteiger partial charge in [-0.3, -0.25) is 0 Å². The molecular weight excluding hydrogens is 288 g/mol. The molecule has 0 saturated carbocycles. The maximum atomic E-state index is 11.8. The number of carbonyl (C=O) groups is 2. The Kier molecular flexibility index (Phi) is 6.30. The summed E-state index contributed by atoms with van der Waals surface area (Å²) in [5.41, 5.74) is 1.32. The number of anilines is 1. The molecule has 3 N–H and O–H groups in total. The normalized spacial score (nSPS) is 11.4. The molecule has 1 rings (SSSR count). The van der Waals surface area contributed by atoms with Gasteiger partial charge in [0.1, 0.15) is 0 Å². The Morgan fingerprint density at radius 2 is 2.10 bits per heavy atom. The molecule has 1 aromatic rings. The lowest BCUT2D eigenvalue weighted by Gasteiger charge is -2.22. The summed E-state index contributed by atoms with van der Waals surface area (Å²) in [4.78, 5) is 22.3. The number of aliphatic carboxylic acids is 1. The molecule has 0 bridgehead atoms. The molecule has 5 nitrogen and oxygen atoms in total. The van der Waals surface area contributed by atoms with Crippen LogP contribution < -0.4 is 10.6 Å². The molecule has 114 valence electrons. The Balaban J connectivity index is 2.60. The van der Waals surface area contributed by atoms with Gasteiger partial charge in [0.2, 0.25) is 0 Å². The number of hydrogen-bond acceptors (Lipinski definition) is 3. The SMILES string of the molecule is CSC(C)(C)CNC(=O)Nc1cccc(/C=C/C(=O)O)c1. The van der Waals surface area contributed by atoms with E-state index in [-0.39, 0.29) is 10.8 Å². The van der Waals surface area contributed by atoms with E-state index in [9.17, 15) is 9.59 Å². The average Bonchev–Trinajstić information content (AvgIpc) is 2.43. The van der Waals surface area contributed by atoms with Crippen LogP contribution in [0.1, 0.15) is 19.4 Å². The van der Waals surface area contributed by atoms with E-state index in [0.717, 1.165) is 6.08 Å². The van der Waals surface area contributed by atoms with Gasteiger partial charge in [0.25, 0.3) is 0 Å². The van der Waals surface area contributed by atoms with Crippen molar-refractivity contribution in [2.75, 3.05) is 18.1 Å². The molecule has 0 spiro atoms. The molecule has 0 atom stereocenters. The summed E-state index contributed by atoms with van der Waals surface area (Å²) < 4.78 is -0.0244. The molecule has 0 saturated heterocycles. The number of rotatable bonds is 6. The molecule has 1 aromatic carbocycles. The predicted octanol–water partition coefficient (Wildman–Crippen LogP) is 3.05. The number of nitrogens with one attached hydrogen (secondary N) is 2. The van der Waals surface area contributed by atoms with E-state index in [1.807, 2.05) is 6.26 Å². The summed E-state index contributed by atoms with van der Waals surface area (Å²) in [5, 5.41) is 14.1. The molecule has 6 heteroatoms. The van der Waals surface area contributed by atoms with Crippen molar-refractivity contribution in [1.29, 1.82) is 0 Å². The fourth-order valence-corrected chi connectivity index (χ4v) is 1.64. The quantitative estimate of drug-likeness (QED) is 0.706. The topological polar surface area (TPSA) is 78.4 Å². The highest BCUT2D eigenvalue weighted by molar-refractivity contribution is 7.99. The van der Waals surface area contributed by atoms with E-state index in [2.05, 4.69) is 24.5 Å². The van der Waals surface area contributed by atoms with Crippen LogP contribution >= 0.6 is 11.8 Å². The summed E-state index contributed by atoms with van der Waals surface area (Å²) in [5.74, 6) is -1.01. The maximum Gasteiger partial charge on any atom is 0.328 e. The standard InChI is InChI=1S/C15H20N2O3S/c1-15(2,21-3)10-16-14(20)17-12-6-4-5-11(9-12)7-8-13(18)19/h4-9H,10H2,1-3H3,(H,18,19)(H2,16,17,20)/b8-7+. The van der Waals surface area contributed by atoms with E-state index in [0.29, 0.717) is 17.8 Å². The van der Waals surface area contributed by atoms with Crippen LogP contribution in [0, 0.1) is 0 Å². The number of amides is 2. The van der Waals surface area contributed by atoms with E-state index < -0.39 is 5.97 Å². The zero-order valence-corrected chi connectivity index (χ0v) is 13.2. The monoisotopic (exact) mass is 308 g/mol. The van der Waals surface area contributed by atoms with Crippen LogP contribution in [0.3, 0.4) is 0 Å². The van der Waals surface area contributed by atoms with Crippen molar-refractivity contribution >= 4 is 35.5 Å². The second kappa shape index (κ2) is 7.73. The van der Waals surface area contributed by atoms with Crippen LogP contribution in [0.15, 0.2) is 30.3 Å². The van der Waals surface area contributed by atoms with Gasteiger partial charge in [-0.05, 0) is 43.9 Å². The van der Waals surface area contributed by atoms with Crippen LogP contribution in [-0.2, 0) is 4.79 Å². The van der Waals surface area contributed by atoms with Crippen LogP contribution in [0.4, 0.5) is 10.5 Å². The molecule has 21 heavy (non-hydrogen) atoms. The summed E-state index contributed by atoms with van der Waals surface area (Å²) in [6.45, 7) is 4.66. The number of carboxylic acid groups (broad SMARTS) is 1. The first-order valence-corrected chi connectivity index (χ1v) is 7.66. The highest BCUT2D eigenvalue weighted by Gasteiger charge is 2.16. The summed E-state index contributed by atoms with van der Waals surface area (Å²) >= 11 is 1.68. The van der Waals surface area contributed by atoms with Gasteiger partial charge in [-0.1, -0.05) is 12.1 Å². The molecular formula is C15H20N2O3S. The first kappa shape index (κ1) is 17.1. The van der Waals surface area contributed by atoms with Gasteiger partial charge in [0.05, 0.1) is 0 Å². The molecule has 0 unspecified atom stereocenters. The Morgan fingerprint density at radius 1 is 1.38 bits per heavy atom. The van der Waals surface area contributed by atoms with Gasteiger partial charge in [-0.15, -0.1) is 0 Å². The van der Waals surface area contributed by atoms with E-state index in [1.165, 1.54) is 6.08 Å². The molecule has 0 heterocycles. The van der Waals surface area contributed by atoms with E-state index in [4.69, 9.17) is 5.11 Å². The number of urea groups is 1. The average molecular weight is 308 g/mol. The van der Waals surface area contributed by atoms with Crippen molar-refractivity contribution in [2.24, 2.45) is 0 Å². The minimum atomic E-state index is -1.01. The van der Waals surface area contributed by atoms with Gasteiger partial charge in [0, 0.05) is 23.1 Å². The fraction of sp³-hybridized carbons (Fsp3) is 0.333. The number of hydrogen-bond donors (Lipinski definition) is 3. The largest absolute Gasteiger partial charge is 0.478 e. The third-order valence-corrected chi connectivity index (χ3v) is 4.04. The summed E-state index contributed by atoms with van der Waals surface area (Å²) in [7, 11) is 0. The zero-order chi connectivity index (χ0) is 15.9. The van der Waals surface area contributed by atoms with E-state index in [1.54, 1.807) is 36.0 Å². The van der Waals surface area contributed by atoms with Crippen molar-refractivity contribution in [2.45, 2.75) is 18.6 Å². The van der Waals surface area contributed by atoms with Crippen molar-refractivity contribution in [3.8, 4) is 0 Å². The minimum absolute atomic E-state index is 0.0244. The Hall–Kier alpha value is -1.95. The maximum absolute atomic E-state index is 11.8. The van der Waals surface area contributed by atoms with Gasteiger partial charge in [0.15, 0.2) is 0 Å². The highest BCUT2D eigenvalue weighted by atomic mass is 32.2. The highest BCUT2D eigenvalue weighted by Crippen LogP contribution is 2.19. The number of thioether (sulfide) groups is 1. The molecule has 0 radical (unpaired) electrons. The van der Waals surface area contributed by atoms with E-state index >= 15 is 0 Å². The minimum Gasteiger partial charge on any atom is -0.478 e. The number of carboxylic acids is 1. The molecule has 2 amide bonds. The number of benzene rings is 1. The second-order valence-electron chi connectivity index (χ2n) is 5.07. The van der Waals surface area contributed by atoms with Crippen LogP contribution in [0.5, 0.6) is 0 Å². The third kappa shape index (κ3) is 6.85. The van der Waals surface area contributed by atoms with Crippen LogP contribution in [0.2, 0.25) is 0 Å². The lowest BCUT2D eigenvalue weighted by atomic mass is 10.2. The van der Waals surface area contributed by atoms with Crippen molar-refractivity contribution in [3.63, 3.8) is 0 Å². The third-order valence-electron chi connectivity index (χ3n) is 2.79. The van der Waals surface area contributed by atoms with Crippen molar-refractivity contribution in [3.05, 3.63) is 35.9 Å². The predicted molar refractivity (Wildman–Crippen MR) is 87.7 cm³/mol. The van der Waals surface area contributed by atoms with Gasteiger partial charge in [-0.2, -0.15) is 11.8 Å². The van der Waals surface area contributed by atoms with Crippen LogP contribution in [0.25, 0.3) is 6.08 Å². The summed E-state index contributed by atoms with van der Waals surface area (Å²) in [6, 6.07) is 6.69. The first-order chi connectivity index (χ1) is 9.82. The zero-order valence-electron chi connectivity index (χ0n) is 12.3. The van der Waals surface area contributed by atoms with Crippen molar-refractivity contribution in [1.82, 2.24) is 5.32 Å². The smallest absolute Gasteiger partial charge is 0.328 e. The van der Waals surface area contributed by atoms with Gasteiger partial charge < -0.3 is 15.7 Å². The first-order valence-electron chi connectivity index (χ1n) is 6.43. The molecule has 0 aliphatic carbocycles. The molecule has 0 aliphatic heterocycles. The van der Waals surface area contributed by atoms with Gasteiger partial charge >= 0.3 is 12.0 Å². The molecule has 0 fully saturated rings. The lowest BCUT2D eigenvalue weighted by Crippen LogP contribution is -2.38. The Labute approximate surface area is 128 Å². The molecule has 0 aromatic heterocycles. The summed E-state index contributed by atoms with van der Waals surface area (Å²) in [6.07, 6.45) is 4.53. The lowest BCUT2D eigenvalue weighted by molar-refractivity contribution is -0.131. The van der Waals surface area contributed by atoms with Crippen molar-refractivity contribution < 1.29 is 14.7 Å². The van der Waals surface area contributed by atoms with Gasteiger partial charge in [-0.25, -0.2) is 9.59 Å². The Morgan fingerprint density at radius 3 is 2.71 bits per heavy atom. The fourth-order valence-electron chi connectivity index (χ4n) is 1.43.